The Bertz CT molecular complexity index is 1010. The van der Waals surface area contributed by atoms with E-state index in [1.807, 2.05) is 6.07 Å². The first-order chi connectivity index (χ1) is 13.7. The zero-order chi connectivity index (χ0) is 19.3. The molecule has 0 bridgehead atoms. The first-order valence-electron chi connectivity index (χ1n) is 10.1. The molecular formula is C24H27NO2S. The second kappa shape index (κ2) is 8.89. The van der Waals surface area contributed by atoms with Crippen molar-refractivity contribution in [1.29, 1.82) is 0 Å². The van der Waals surface area contributed by atoms with E-state index in [2.05, 4.69) is 41.7 Å². The van der Waals surface area contributed by atoms with Crippen molar-refractivity contribution in [3.05, 3.63) is 74.8 Å². The van der Waals surface area contributed by atoms with Crippen molar-refractivity contribution in [2.24, 2.45) is 0 Å². The molecule has 1 unspecified atom stereocenters. The zero-order valence-corrected chi connectivity index (χ0v) is 17.2. The van der Waals surface area contributed by atoms with Crippen molar-refractivity contribution < 1.29 is 4.74 Å². The van der Waals surface area contributed by atoms with Crippen LogP contribution in [0.3, 0.4) is 0 Å². The Hall–Kier alpha value is -2.17. The molecule has 28 heavy (non-hydrogen) atoms. The van der Waals surface area contributed by atoms with Crippen LogP contribution in [0.2, 0.25) is 0 Å². The predicted molar refractivity (Wildman–Crippen MR) is 118 cm³/mol. The van der Waals surface area contributed by atoms with Gasteiger partial charge in [-0.25, -0.2) is 0 Å². The van der Waals surface area contributed by atoms with Crippen LogP contribution in [0.5, 0.6) is 5.75 Å². The highest BCUT2D eigenvalue weighted by atomic mass is 32.1. The van der Waals surface area contributed by atoms with Crippen LogP contribution in [0, 0.1) is 0 Å². The zero-order valence-electron chi connectivity index (χ0n) is 16.4. The van der Waals surface area contributed by atoms with Crippen molar-refractivity contribution >= 4 is 21.4 Å². The Kier molecular flexibility index (Phi) is 6.08. The van der Waals surface area contributed by atoms with Gasteiger partial charge in [-0.2, -0.15) is 0 Å². The Morgan fingerprint density at radius 1 is 1.14 bits per heavy atom. The molecule has 1 aliphatic rings. The third-order valence-corrected chi connectivity index (χ3v) is 6.67. The van der Waals surface area contributed by atoms with Gasteiger partial charge in [-0.05, 0) is 97.5 Å². The first-order valence-corrected chi connectivity index (χ1v) is 11.0. The molecule has 1 heterocycles. The third-order valence-electron chi connectivity index (χ3n) is 5.76. The summed E-state index contributed by atoms with van der Waals surface area (Å²) in [5.41, 5.74) is 4.18. The number of hydrogen-bond acceptors (Lipinski definition) is 4. The maximum absolute atomic E-state index is 11.6. The average molecular weight is 394 g/mol. The van der Waals surface area contributed by atoms with Crippen LogP contribution in [0.25, 0.3) is 10.1 Å². The van der Waals surface area contributed by atoms with Crippen LogP contribution in [-0.2, 0) is 12.8 Å². The second-order valence-electron chi connectivity index (χ2n) is 7.53. The standard InChI is InChI=1S/C24H27NO2S/c1-27-22-7-3-5-20-18(4-2-6-21(20)22)13-15-25-14-12-17-8-9-19-10-11-24(26)28-23(19)16-17/h3,5,7-11,16,18,25H,2,4,6,12-15H2,1H3. The third kappa shape index (κ3) is 4.29. The van der Waals surface area contributed by atoms with Gasteiger partial charge < -0.3 is 10.1 Å². The summed E-state index contributed by atoms with van der Waals surface area (Å²) in [6.07, 6.45) is 5.81. The number of methoxy groups -OCH3 is 1. The van der Waals surface area contributed by atoms with E-state index < -0.39 is 0 Å². The lowest BCUT2D eigenvalue weighted by Crippen LogP contribution is -2.22. The van der Waals surface area contributed by atoms with Crippen LogP contribution in [-0.4, -0.2) is 20.2 Å². The quantitative estimate of drug-likeness (QED) is 0.580. The normalized spacial score (nSPS) is 16.1. The highest BCUT2D eigenvalue weighted by Crippen LogP contribution is 2.38. The van der Waals surface area contributed by atoms with E-state index in [1.54, 1.807) is 13.2 Å². The monoisotopic (exact) mass is 393 g/mol. The number of rotatable bonds is 7. The summed E-state index contributed by atoms with van der Waals surface area (Å²) in [5.74, 6) is 1.68. The number of nitrogens with one attached hydrogen (secondary N) is 1. The van der Waals surface area contributed by atoms with E-state index in [-0.39, 0.29) is 4.74 Å². The molecule has 1 aliphatic carbocycles. The van der Waals surface area contributed by atoms with Crippen molar-refractivity contribution in [2.75, 3.05) is 20.2 Å². The van der Waals surface area contributed by atoms with Gasteiger partial charge in [0.15, 0.2) is 0 Å². The molecule has 0 aliphatic heterocycles. The van der Waals surface area contributed by atoms with Gasteiger partial charge in [-0.1, -0.05) is 35.6 Å². The van der Waals surface area contributed by atoms with Crippen molar-refractivity contribution in [1.82, 2.24) is 5.32 Å². The molecule has 0 spiro atoms. The fourth-order valence-electron chi connectivity index (χ4n) is 4.30. The SMILES string of the molecule is COc1cccc2c1CCCC2CCNCCc1ccc2ccc(=O)sc2c1. The summed E-state index contributed by atoms with van der Waals surface area (Å²) < 4.78 is 6.76. The fraction of sp³-hybridized carbons (Fsp3) is 0.375. The van der Waals surface area contributed by atoms with E-state index in [0.29, 0.717) is 5.92 Å². The van der Waals surface area contributed by atoms with Gasteiger partial charge >= 0.3 is 0 Å². The van der Waals surface area contributed by atoms with Crippen molar-refractivity contribution in [2.45, 2.75) is 38.0 Å². The molecule has 4 heteroatoms. The van der Waals surface area contributed by atoms with E-state index >= 15 is 0 Å². The van der Waals surface area contributed by atoms with Crippen LogP contribution < -0.4 is 14.8 Å². The molecule has 1 N–H and O–H groups in total. The van der Waals surface area contributed by atoms with Gasteiger partial charge in [0, 0.05) is 4.70 Å². The number of fused-ring (bicyclic) bond motifs is 2. The topological polar surface area (TPSA) is 38.3 Å². The van der Waals surface area contributed by atoms with E-state index in [9.17, 15) is 4.79 Å². The van der Waals surface area contributed by atoms with E-state index in [0.717, 1.165) is 41.8 Å². The second-order valence-corrected chi connectivity index (χ2v) is 8.58. The molecule has 3 aromatic rings. The summed E-state index contributed by atoms with van der Waals surface area (Å²) in [6, 6.07) is 16.5. The van der Waals surface area contributed by atoms with Gasteiger partial charge in [0.1, 0.15) is 5.75 Å². The van der Waals surface area contributed by atoms with Gasteiger partial charge in [-0.3, -0.25) is 4.79 Å². The van der Waals surface area contributed by atoms with Crippen LogP contribution in [0.15, 0.2) is 53.3 Å². The number of ether oxygens (including phenoxy) is 1. The summed E-state index contributed by atoms with van der Waals surface area (Å²) in [5, 5.41) is 4.76. The molecule has 146 valence electrons. The maximum Gasteiger partial charge on any atom is 0.232 e. The smallest absolute Gasteiger partial charge is 0.232 e. The molecule has 4 rings (SSSR count). The van der Waals surface area contributed by atoms with Gasteiger partial charge in [0.2, 0.25) is 4.74 Å². The minimum Gasteiger partial charge on any atom is -0.496 e. The molecule has 0 radical (unpaired) electrons. The molecule has 0 saturated heterocycles. The minimum atomic E-state index is 0.118. The highest BCUT2D eigenvalue weighted by molar-refractivity contribution is 7.16. The molecule has 1 atom stereocenters. The lowest BCUT2D eigenvalue weighted by molar-refractivity contribution is 0.401. The van der Waals surface area contributed by atoms with Gasteiger partial charge in [0.25, 0.3) is 0 Å². The average Bonchev–Trinajstić information content (AvgIpc) is 2.72. The van der Waals surface area contributed by atoms with Crippen LogP contribution >= 0.6 is 11.3 Å². The summed E-state index contributed by atoms with van der Waals surface area (Å²) >= 11 is 1.33. The Balaban J connectivity index is 1.30. The molecule has 3 nitrogen and oxygen atoms in total. The molecule has 0 saturated carbocycles. The van der Waals surface area contributed by atoms with Gasteiger partial charge in [0.05, 0.1) is 7.11 Å². The van der Waals surface area contributed by atoms with Crippen LogP contribution in [0.4, 0.5) is 0 Å². The molecule has 2 aromatic carbocycles. The molecule has 1 aromatic heterocycles. The first kappa shape index (κ1) is 19.2. The number of hydrogen-bond donors (Lipinski definition) is 1. The molecule has 0 fully saturated rings. The maximum atomic E-state index is 11.6. The Morgan fingerprint density at radius 3 is 2.93 bits per heavy atom. The fourth-order valence-corrected chi connectivity index (χ4v) is 5.12. The van der Waals surface area contributed by atoms with Crippen LogP contribution in [0.1, 0.15) is 41.9 Å². The highest BCUT2D eigenvalue weighted by Gasteiger charge is 2.22. The van der Waals surface area contributed by atoms with Gasteiger partial charge in [-0.15, -0.1) is 0 Å². The summed E-state index contributed by atoms with van der Waals surface area (Å²) in [6.45, 7) is 1.99. The summed E-state index contributed by atoms with van der Waals surface area (Å²) in [4.78, 5) is 11.6. The molecular weight excluding hydrogens is 366 g/mol. The van der Waals surface area contributed by atoms with Crippen molar-refractivity contribution in [3.8, 4) is 5.75 Å². The molecule has 0 amide bonds. The Labute approximate surface area is 170 Å². The van der Waals surface area contributed by atoms with E-state index in [1.165, 1.54) is 47.3 Å². The lowest BCUT2D eigenvalue weighted by Gasteiger charge is -2.27. The van der Waals surface area contributed by atoms with E-state index in [4.69, 9.17) is 4.74 Å². The largest absolute Gasteiger partial charge is 0.496 e. The Morgan fingerprint density at radius 2 is 2.04 bits per heavy atom. The predicted octanol–water partition coefficient (Wildman–Crippen LogP) is 4.91. The minimum absolute atomic E-state index is 0.118. The lowest BCUT2D eigenvalue weighted by atomic mass is 9.80. The van der Waals surface area contributed by atoms with Crippen molar-refractivity contribution in [3.63, 3.8) is 0 Å². The summed E-state index contributed by atoms with van der Waals surface area (Å²) in [7, 11) is 1.77. The number of benzene rings is 2.